The number of aryl methyl sites for hydroxylation is 1. The molecule has 198 valence electrons. The molecular formula is C24H21F4N7O3. The van der Waals surface area contributed by atoms with Crippen LogP contribution in [0.4, 0.5) is 17.6 Å². The van der Waals surface area contributed by atoms with Gasteiger partial charge in [0.1, 0.15) is 11.5 Å². The molecule has 0 saturated heterocycles. The van der Waals surface area contributed by atoms with Crippen molar-refractivity contribution in [1.82, 2.24) is 35.1 Å². The lowest BCUT2D eigenvalue weighted by Gasteiger charge is -2.18. The second kappa shape index (κ2) is 10.1. The van der Waals surface area contributed by atoms with Gasteiger partial charge in [-0.3, -0.25) is 14.6 Å². The lowest BCUT2D eigenvalue weighted by molar-refractivity contribution is -0.140. The van der Waals surface area contributed by atoms with Crippen LogP contribution >= 0.6 is 0 Å². The van der Waals surface area contributed by atoms with Crippen LogP contribution < -0.4 is 10.9 Å². The topological polar surface area (TPSA) is 128 Å². The SMILES string of the molecule is C[C@H](O)c1cc(C(=O)N[C@H](C)c2cccc(C(F)(F)F)c2F)nn(-c2cncc(-c3cnnn3C)c2)c1=O. The summed E-state index contributed by atoms with van der Waals surface area (Å²) in [6.45, 7) is 2.62. The van der Waals surface area contributed by atoms with E-state index in [-0.39, 0.29) is 22.5 Å². The van der Waals surface area contributed by atoms with Crippen LogP contribution in [0.25, 0.3) is 16.9 Å². The Morgan fingerprint density at radius 3 is 2.47 bits per heavy atom. The number of pyridine rings is 1. The molecular weight excluding hydrogens is 510 g/mol. The van der Waals surface area contributed by atoms with Crippen molar-refractivity contribution in [2.24, 2.45) is 7.05 Å². The van der Waals surface area contributed by atoms with Gasteiger partial charge < -0.3 is 10.4 Å². The quantitative estimate of drug-likeness (QED) is 0.366. The van der Waals surface area contributed by atoms with Crippen LogP contribution in [0.2, 0.25) is 0 Å². The zero-order valence-electron chi connectivity index (χ0n) is 20.2. The smallest absolute Gasteiger partial charge is 0.388 e. The molecule has 2 atom stereocenters. The van der Waals surface area contributed by atoms with Gasteiger partial charge in [0.05, 0.1) is 41.5 Å². The Balaban J connectivity index is 1.73. The summed E-state index contributed by atoms with van der Waals surface area (Å²) in [6.07, 6.45) is -1.91. The van der Waals surface area contributed by atoms with Crippen LogP contribution in [-0.2, 0) is 13.2 Å². The molecule has 0 fully saturated rings. The van der Waals surface area contributed by atoms with Crippen LogP contribution in [0.3, 0.4) is 0 Å². The van der Waals surface area contributed by atoms with Gasteiger partial charge in [0, 0.05) is 29.9 Å². The number of rotatable bonds is 6. The largest absolute Gasteiger partial charge is 0.419 e. The minimum absolute atomic E-state index is 0.155. The van der Waals surface area contributed by atoms with Gasteiger partial charge in [0.15, 0.2) is 0 Å². The van der Waals surface area contributed by atoms with E-state index in [0.29, 0.717) is 17.3 Å². The molecule has 10 nitrogen and oxygen atoms in total. The first-order valence-corrected chi connectivity index (χ1v) is 11.2. The van der Waals surface area contributed by atoms with Crippen molar-refractivity contribution < 1.29 is 27.5 Å². The summed E-state index contributed by atoms with van der Waals surface area (Å²) < 4.78 is 56.3. The monoisotopic (exact) mass is 531 g/mol. The summed E-state index contributed by atoms with van der Waals surface area (Å²) in [5.41, 5.74) is -1.82. The van der Waals surface area contributed by atoms with Gasteiger partial charge >= 0.3 is 6.18 Å². The molecule has 4 aromatic rings. The molecule has 38 heavy (non-hydrogen) atoms. The van der Waals surface area contributed by atoms with E-state index >= 15 is 0 Å². The molecule has 4 rings (SSSR count). The second-order valence-electron chi connectivity index (χ2n) is 8.45. The maximum absolute atomic E-state index is 14.6. The number of carbonyl (C=O) groups is 1. The molecule has 1 amide bonds. The Labute approximate surface area is 212 Å². The highest BCUT2D eigenvalue weighted by molar-refractivity contribution is 5.92. The van der Waals surface area contributed by atoms with E-state index in [1.54, 1.807) is 13.1 Å². The number of hydrogen-bond donors (Lipinski definition) is 2. The molecule has 3 heterocycles. The highest BCUT2D eigenvalue weighted by atomic mass is 19.4. The van der Waals surface area contributed by atoms with Gasteiger partial charge in [-0.1, -0.05) is 17.3 Å². The third kappa shape index (κ3) is 5.16. The van der Waals surface area contributed by atoms with Gasteiger partial charge in [-0.15, -0.1) is 5.10 Å². The summed E-state index contributed by atoms with van der Waals surface area (Å²) in [5, 5.41) is 24.3. The fourth-order valence-electron chi connectivity index (χ4n) is 3.78. The Morgan fingerprint density at radius 1 is 1.11 bits per heavy atom. The van der Waals surface area contributed by atoms with Crippen LogP contribution in [-0.4, -0.2) is 40.8 Å². The van der Waals surface area contributed by atoms with Crippen LogP contribution in [0, 0.1) is 5.82 Å². The number of benzene rings is 1. The van der Waals surface area contributed by atoms with Gasteiger partial charge in [0.2, 0.25) is 0 Å². The summed E-state index contributed by atoms with van der Waals surface area (Å²) in [4.78, 5) is 30.2. The van der Waals surface area contributed by atoms with Crippen LogP contribution in [0.1, 0.15) is 53.2 Å². The van der Waals surface area contributed by atoms with E-state index in [1.807, 2.05) is 0 Å². The number of aliphatic hydroxyl groups excluding tert-OH is 1. The highest BCUT2D eigenvalue weighted by Crippen LogP contribution is 2.34. The van der Waals surface area contributed by atoms with E-state index in [2.05, 4.69) is 25.7 Å². The first-order valence-electron chi connectivity index (χ1n) is 11.2. The average molecular weight is 531 g/mol. The molecule has 0 aliphatic carbocycles. The van der Waals surface area contributed by atoms with E-state index in [1.165, 1.54) is 37.1 Å². The summed E-state index contributed by atoms with van der Waals surface area (Å²) in [7, 11) is 1.66. The number of nitrogens with one attached hydrogen (secondary N) is 1. The first kappa shape index (κ1) is 26.6. The van der Waals surface area contributed by atoms with E-state index in [9.17, 15) is 32.3 Å². The molecule has 14 heteroatoms. The number of aromatic nitrogens is 6. The van der Waals surface area contributed by atoms with E-state index < -0.39 is 41.2 Å². The Bertz CT molecular complexity index is 1560. The number of amides is 1. The number of halogens is 4. The highest BCUT2D eigenvalue weighted by Gasteiger charge is 2.35. The fraction of sp³-hybridized carbons (Fsp3) is 0.250. The number of hydrogen-bond acceptors (Lipinski definition) is 7. The molecule has 2 N–H and O–H groups in total. The molecule has 3 aromatic heterocycles. The van der Waals surface area contributed by atoms with Crippen LogP contribution in [0.5, 0.6) is 0 Å². The van der Waals surface area contributed by atoms with Crippen molar-refractivity contribution in [3.63, 3.8) is 0 Å². The average Bonchev–Trinajstić information content (AvgIpc) is 3.29. The van der Waals surface area contributed by atoms with Crippen LogP contribution in [0.15, 0.2) is 53.7 Å². The molecule has 0 radical (unpaired) electrons. The Kier molecular flexibility index (Phi) is 7.09. The van der Waals surface area contributed by atoms with E-state index in [0.717, 1.165) is 22.9 Å². The lowest BCUT2D eigenvalue weighted by atomic mass is 10.0. The van der Waals surface area contributed by atoms with Gasteiger partial charge in [-0.25, -0.2) is 9.07 Å². The third-order valence-electron chi connectivity index (χ3n) is 5.75. The number of nitrogens with zero attached hydrogens (tertiary/aromatic N) is 6. The maximum Gasteiger partial charge on any atom is 0.419 e. The van der Waals surface area contributed by atoms with Crippen molar-refractivity contribution in [2.45, 2.75) is 32.2 Å². The van der Waals surface area contributed by atoms with Gasteiger partial charge in [-0.05, 0) is 32.0 Å². The number of aliphatic hydroxyl groups is 1. The third-order valence-corrected chi connectivity index (χ3v) is 5.75. The molecule has 0 unspecified atom stereocenters. The van der Waals surface area contributed by atoms with Crippen molar-refractivity contribution in [1.29, 1.82) is 0 Å². The number of carbonyl (C=O) groups excluding carboxylic acids is 1. The van der Waals surface area contributed by atoms with Crippen molar-refractivity contribution in [3.8, 4) is 16.9 Å². The molecule has 0 bridgehead atoms. The zero-order valence-corrected chi connectivity index (χ0v) is 20.2. The Morgan fingerprint density at radius 2 is 1.84 bits per heavy atom. The molecule has 0 aliphatic heterocycles. The maximum atomic E-state index is 14.6. The van der Waals surface area contributed by atoms with Gasteiger partial charge in [0.25, 0.3) is 11.5 Å². The summed E-state index contributed by atoms with van der Waals surface area (Å²) >= 11 is 0. The minimum Gasteiger partial charge on any atom is -0.388 e. The Hall–Kier alpha value is -4.46. The summed E-state index contributed by atoms with van der Waals surface area (Å²) in [6, 6.07) is 4.18. The number of alkyl halides is 3. The minimum atomic E-state index is -4.92. The standard InChI is InChI=1S/C24H21F4N7O3/c1-12(16-5-4-6-18(21(16)25)24(26,27)28)31-22(37)19-8-17(13(2)36)23(38)35(32-19)15-7-14(9-29-10-15)20-11-30-33-34(20)3/h4-13,36H,1-3H3,(H,31,37)/t12-,13+/m1/s1. The normalized spacial score (nSPS) is 13.3. The molecule has 0 saturated carbocycles. The van der Waals surface area contributed by atoms with E-state index in [4.69, 9.17) is 0 Å². The molecule has 0 spiro atoms. The first-order chi connectivity index (χ1) is 17.9. The fourth-order valence-corrected chi connectivity index (χ4v) is 3.78. The second-order valence-corrected chi connectivity index (χ2v) is 8.45. The zero-order chi connectivity index (χ0) is 27.8. The van der Waals surface area contributed by atoms with Crippen molar-refractivity contribution in [3.05, 3.63) is 87.5 Å². The van der Waals surface area contributed by atoms with Crippen molar-refractivity contribution >= 4 is 5.91 Å². The lowest BCUT2D eigenvalue weighted by Crippen LogP contribution is -2.33. The molecule has 1 aromatic carbocycles. The predicted octanol–water partition coefficient (Wildman–Crippen LogP) is 3.13. The van der Waals surface area contributed by atoms with Gasteiger partial charge in [-0.2, -0.15) is 23.0 Å². The van der Waals surface area contributed by atoms with Crippen molar-refractivity contribution in [2.75, 3.05) is 0 Å². The predicted molar refractivity (Wildman–Crippen MR) is 126 cm³/mol. The molecule has 0 aliphatic rings. The summed E-state index contributed by atoms with van der Waals surface area (Å²) in [5.74, 6) is -2.42.